The van der Waals surface area contributed by atoms with Gasteiger partial charge in [-0.2, -0.15) is 5.26 Å². The van der Waals surface area contributed by atoms with Gasteiger partial charge in [-0.3, -0.25) is 4.79 Å². The molecule has 1 N–H and O–H groups in total. The van der Waals surface area contributed by atoms with Crippen molar-refractivity contribution in [3.63, 3.8) is 0 Å². The number of carbonyl (C=O) groups is 1. The summed E-state index contributed by atoms with van der Waals surface area (Å²) >= 11 is 0. The van der Waals surface area contributed by atoms with Crippen LogP contribution in [0, 0.1) is 11.3 Å². The Bertz CT molecular complexity index is 458. The van der Waals surface area contributed by atoms with Crippen molar-refractivity contribution in [2.75, 3.05) is 13.2 Å². The van der Waals surface area contributed by atoms with E-state index in [0.29, 0.717) is 24.6 Å². The molecule has 4 heteroatoms. The first-order valence-corrected chi connectivity index (χ1v) is 6.14. The summed E-state index contributed by atoms with van der Waals surface area (Å²) in [4.78, 5) is 13.9. The molecule has 0 atom stereocenters. The summed E-state index contributed by atoms with van der Waals surface area (Å²) in [6.45, 7) is 0.426. The second-order valence-electron chi connectivity index (χ2n) is 4.53. The molecule has 0 unspecified atom stereocenters. The van der Waals surface area contributed by atoms with Crippen LogP contribution < -0.4 is 0 Å². The molecule has 0 radical (unpaired) electrons. The van der Waals surface area contributed by atoms with Gasteiger partial charge in [-0.15, -0.1) is 0 Å². The Balaban J connectivity index is 1.98. The van der Waals surface area contributed by atoms with Crippen molar-refractivity contribution in [1.82, 2.24) is 4.90 Å². The Kier molecular flexibility index (Phi) is 3.96. The third kappa shape index (κ3) is 3.08. The zero-order valence-electron chi connectivity index (χ0n) is 10.2. The summed E-state index contributed by atoms with van der Waals surface area (Å²) in [5, 5.41) is 17.7. The molecule has 2 rings (SSSR count). The van der Waals surface area contributed by atoms with Gasteiger partial charge in [0.25, 0.3) is 0 Å². The molecule has 0 aromatic heterocycles. The number of benzene rings is 1. The van der Waals surface area contributed by atoms with Crippen LogP contribution in [0.3, 0.4) is 0 Å². The van der Waals surface area contributed by atoms with E-state index in [9.17, 15) is 4.79 Å². The minimum Gasteiger partial charge on any atom is -0.395 e. The minimum absolute atomic E-state index is 0.00953. The molecule has 1 aliphatic carbocycles. The second kappa shape index (κ2) is 5.65. The zero-order valence-corrected chi connectivity index (χ0v) is 10.2. The van der Waals surface area contributed by atoms with Crippen LogP contribution in [0.15, 0.2) is 24.3 Å². The first-order valence-electron chi connectivity index (χ1n) is 6.14. The Morgan fingerprint density at radius 2 is 2.06 bits per heavy atom. The maximum atomic E-state index is 12.1. The SMILES string of the molecule is N#Cc1ccc(CC(=O)N(CCO)C2CC2)cc1. The molecular weight excluding hydrogens is 228 g/mol. The molecule has 1 amide bonds. The number of carbonyl (C=O) groups excluding carboxylic acids is 1. The summed E-state index contributed by atoms with van der Waals surface area (Å²) in [6, 6.07) is 9.42. The molecule has 0 bridgehead atoms. The molecule has 94 valence electrons. The predicted octanol–water partition coefficient (Wildman–Crippen LogP) is 1.08. The molecule has 1 aromatic carbocycles. The van der Waals surface area contributed by atoms with Gasteiger partial charge in [0.1, 0.15) is 0 Å². The van der Waals surface area contributed by atoms with Crippen LogP contribution in [0.1, 0.15) is 24.0 Å². The highest BCUT2D eigenvalue weighted by molar-refractivity contribution is 5.79. The molecule has 0 heterocycles. The van der Waals surface area contributed by atoms with Gasteiger partial charge in [0.2, 0.25) is 5.91 Å². The van der Waals surface area contributed by atoms with E-state index in [2.05, 4.69) is 6.07 Å². The van der Waals surface area contributed by atoms with Crippen molar-refractivity contribution in [3.8, 4) is 6.07 Å². The van der Waals surface area contributed by atoms with E-state index in [0.717, 1.165) is 18.4 Å². The molecule has 18 heavy (non-hydrogen) atoms. The normalized spacial score (nSPS) is 14.0. The largest absolute Gasteiger partial charge is 0.395 e. The Hall–Kier alpha value is -1.86. The second-order valence-corrected chi connectivity index (χ2v) is 4.53. The highest BCUT2D eigenvalue weighted by Gasteiger charge is 2.31. The standard InChI is InChI=1S/C14H16N2O2/c15-10-12-3-1-11(2-4-12)9-14(18)16(7-8-17)13-5-6-13/h1-4,13,17H,5-9H2. The van der Waals surface area contributed by atoms with Gasteiger partial charge in [0.05, 0.1) is 24.7 Å². The van der Waals surface area contributed by atoms with Crippen LogP contribution in [0.2, 0.25) is 0 Å². The van der Waals surface area contributed by atoms with E-state index in [1.165, 1.54) is 0 Å². The summed E-state index contributed by atoms with van der Waals surface area (Å²) in [5.74, 6) is 0.0521. The van der Waals surface area contributed by atoms with Gasteiger partial charge in [-0.05, 0) is 30.5 Å². The van der Waals surface area contributed by atoms with Crippen molar-refractivity contribution in [2.45, 2.75) is 25.3 Å². The predicted molar refractivity (Wildman–Crippen MR) is 66.7 cm³/mol. The maximum Gasteiger partial charge on any atom is 0.227 e. The first kappa shape index (κ1) is 12.6. The number of rotatable bonds is 5. The number of amides is 1. The van der Waals surface area contributed by atoms with Crippen LogP contribution in [0.5, 0.6) is 0 Å². The number of hydrogen-bond acceptors (Lipinski definition) is 3. The molecule has 0 saturated heterocycles. The third-order valence-corrected chi connectivity index (χ3v) is 3.09. The fourth-order valence-corrected chi connectivity index (χ4v) is 1.98. The van der Waals surface area contributed by atoms with E-state index < -0.39 is 0 Å². The van der Waals surface area contributed by atoms with Gasteiger partial charge < -0.3 is 10.0 Å². The highest BCUT2D eigenvalue weighted by atomic mass is 16.3. The Morgan fingerprint density at radius 3 is 2.56 bits per heavy atom. The van der Waals surface area contributed by atoms with Crippen molar-refractivity contribution < 1.29 is 9.90 Å². The summed E-state index contributed by atoms with van der Waals surface area (Å²) in [7, 11) is 0. The molecule has 1 aliphatic rings. The van der Waals surface area contributed by atoms with E-state index >= 15 is 0 Å². The smallest absolute Gasteiger partial charge is 0.227 e. The monoisotopic (exact) mass is 244 g/mol. The third-order valence-electron chi connectivity index (χ3n) is 3.09. The lowest BCUT2D eigenvalue weighted by Gasteiger charge is -2.21. The Labute approximate surface area is 106 Å². The van der Waals surface area contributed by atoms with Crippen molar-refractivity contribution in [3.05, 3.63) is 35.4 Å². The van der Waals surface area contributed by atoms with Crippen molar-refractivity contribution >= 4 is 5.91 Å². The van der Waals surface area contributed by atoms with Gasteiger partial charge >= 0.3 is 0 Å². The number of nitriles is 1. The Morgan fingerprint density at radius 1 is 1.39 bits per heavy atom. The quantitative estimate of drug-likeness (QED) is 0.843. The van der Waals surface area contributed by atoms with Crippen LogP contribution in [-0.4, -0.2) is 35.1 Å². The van der Waals surface area contributed by atoms with Gasteiger partial charge in [0, 0.05) is 12.6 Å². The molecule has 1 fully saturated rings. The number of hydrogen-bond donors (Lipinski definition) is 1. The number of nitrogens with zero attached hydrogens (tertiary/aromatic N) is 2. The summed E-state index contributed by atoms with van der Waals surface area (Å²) in [5.41, 5.74) is 1.50. The van der Waals surface area contributed by atoms with Gasteiger partial charge in [-0.25, -0.2) is 0 Å². The van der Waals surface area contributed by atoms with Crippen LogP contribution >= 0.6 is 0 Å². The molecular formula is C14H16N2O2. The molecule has 4 nitrogen and oxygen atoms in total. The highest BCUT2D eigenvalue weighted by Crippen LogP contribution is 2.27. The summed E-state index contributed by atoms with van der Waals surface area (Å²) < 4.78 is 0. The first-order chi connectivity index (χ1) is 8.74. The van der Waals surface area contributed by atoms with E-state index in [4.69, 9.17) is 10.4 Å². The van der Waals surface area contributed by atoms with Crippen LogP contribution in [0.25, 0.3) is 0 Å². The average molecular weight is 244 g/mol. The fraction of sp³-hybridized carbons (Fsp3) is 0.429. The van der Waals surface area contributed by atoms with Crippen LogP contribution in [0.4, 0.5) is 0 Å². The maximum absolute atomic E-state index is 12.1. The lowest BCUT2D eigenvalue weighted by Crippen LogP contribution is -2.36. The lowest BCUT2D eigenvalue weighted by atomic mass is 10.1. The van der Waals surface area contributed by atoms with Crippen LogP contribution in [-0.2, 0) is 11.2 Å². The van der Waals surface area contributed by atoms with Crippen molar-refractivity contribution in [1.29, 1.82) is 5.26 Å². The van der Waals surface area contributed by atoms with Crippen molar-refractivity contribution in [2.24, 2.45) is 0 Å². The molecule has 1 aromatic rings. The van der Waals surface area contributed by atoms with E-state index in [1.54, 1.807) is 29.2 Å². The number of aliphatic hydroxyl groups excluding tert-OH is 1. The van der Waals surface area contributed by atoms with Gasteiger partial charge in [-0.1, -0.05) is 12.1 Å². The topological polar surface area (TPSA) is 64.3 Å². The van der Waals surface area contributed by atoms with E-state index in [1.807, 2.05) is 0 Å². The van der Waals surface area contributed by atoms with E-state index in [-0.39, 0.29) is 12.5 Å². The number of aliphatic hydroxyl groups is 1. The molecule has 1 saturated carbocycles. The molecule has 0 spiro atoms. The van der Waals surface area contributed by atoms with Gasteiger partial charge in [0.15, 0.2) is 0 Å². The summed E-state index contributed by atoms with van der Waals surface area (Å²) in [6.07, 6.45) is 2.42. The molecule has 0 aliphatic heterocycles. The lowest BCUT2D eigenvalue weighted by molar-refractivity contribution is -0.131. The minimum atomic E-state index is 0.00953. The zero-order chi connectivity index (χ0) is 13.0. The fourth-order valence-electron chi connectivity index (χ4n) is 1.98. The average Bonchev–Trinajstić information content (AvgIpc) is 3.21.